The number of hydrogen-bond acceptors (Lipinski definition) is 4. The van der Waals surface area contributed by atoms with E-state index in [1.165, 1.54) is 45.5 Å². The standard InChI is InChI=1S/C45H35GeN3O/c1-33-21-23-34(24-22-33)40-18-8-9-20-44(40)49-29-28-48(32-49)37-16-10-17-38(30-37)50-39-25-26-42-41(31-39)45-43(19-11-27-47-45)46(42,35-12-4-2-5-13-35)36-14-6-3-7-15-36/h2-31H,32H2,1H3. The van der Waals surface area contributed by atoms with E-state index in [9.17, 15) is 0 Å². The third-order valence-corrected chi connectivity index (χ3v) is 20.2. The maximum absolute atomic E-state index is 6.63. The SMILES string of the molecule is Cc1ccc(-c2ccccc2N2C=CN(c3cccc(Oc4cc[c]5c(c4)-c4nccc[c]4[Ge]5([c]4ccccc4)[c]4ccccc4)c3)C2)cc1. The number of rotatable bonds is 7. The Morgan fingerprint density at radius 1 is 0.560 bits per heavy atom. The molecule has 2 aliphatic rings. The second kappa shape index (κ2) is 12.6. The molecule has 7 aromatic rings. The molecule has 0 atom stereocenters. The van der Waals surface area contributed by atoms with Crippen LogP contribution in [0.15, 0.2) is 182 Å². The molecule has 0 unspecified atom stereocenters. The number of ether oxygens (including phenoxy) is 1. The van der Waals surface area contributed by atoms with E-state index in [1.807, 2.05) is 12.3 Å². The average molecular weight is 706 g/mol. The van der Waals surface area contributed by atoms with Crippen molar-refractivity contribution in [2.24, 2.45) is 0 Å². The second-order valence-corrected chi connectivity index (χ2v) is 20.8. The van der Waals surface area contributed by atoms with Gasteiger partial charge < -0.3 is 0 Å². The van der Waals surface area contributed by atoms with E-state index in [0.29, 0.717) is 6.67 Å². The summed E-state index contributed by atoms with van der Waals surface area (Å²) in [6, 6.07) is 58.9. The van der Waals surface area contributed by atoms with Crippen LogP contribution in [0.3, 0.4) is 0 Å². The van der Waals surface area contributed by atoms with Gasteiger partial charge in [0.05, 0.1) is 0 Å². The Kier molecular flexibility index (Phi) is 7.59. The van der Waals surface area contributed by atoms with Crippen molar-refractivity contribution in [3.63, 3.8) is 0 Å². The van der Waals surface area contributed by atoms with Crippen LogP contribution in [0.5, 0.6) is 11.5 Å². The smallest absolute Gasteiger partial charge is 0.0540 e. The van der Waals surface area contributed by atoms with Gasteiger partial charge in [0, 0.05) is 5.56 Å². The molecular formula is C45H35GeN3O. The maximum atomic E-state index is 6.63. The molecular weight excluding hydrogens is 671 g/mol. The molecule has 5 heteroatoms. The Bertz CT molecular complexity index is 2320. The normalized spacial score (nSPS) is 14.0. The molecule has 0 spiro atoms. The number of anilines is 2. The van der Waals surface area contributed by atoms with E-state index in [2.05, 4.69) is 187 Å². The fourth-order valence-electron chi connectivity index (χ4n) is 7.65. The molecule has 0 aliphatic carbocycles. The van der Waals surface area contributed by atoms with Crippen LogP contribution in [0.1, 0.15) is 5.56 Å². The summed E-state index contributed by atoms with van der Waals surface area (Å²) in [5.74, 6) is 1.61. The van der Waals surface area contributed by atoms with E-state index in [0.717, 1.165) is 22.9 Å². The molecule has 9 rings (SSSR count). The van der Waals surface area contributed by atoms with Gasteiger partial charge in [-0.3, -0.25) is 0 Å². The molecule has 3 heterocycles. The van der Waals surface area contributed by atoms with Gasteiger partial charge in [-0.15, -0.1) is 0 Å². The van der Waals surface area contributed by atoms with Gasteiger partial charge in [-0.05, 0) is 18.6 Å². The molecule has 240 valence electrons. The van der Waals surface area contributed by atoms with Crippen LogP contribution in [-0.2, 0) is 0 Å². The van der Waals surface area contributed by atoms with Gasteiger partial charge in [0.1, 0.15) is 0 Å². The van der Waals surface area contributed by atoms with Gasteiger partial charge in [-0.2, -0.15) is 0 Å². The van der Waals surface area contributed by atoms with E-state index in [-0.39, 0.29) is 0 Å². The van der Waals surface area contributed by atoms with Crippen molar-refractivity contribution in [1.29, 1.82) is 0 Å². The number of pyridine rings is 1. The van der Waals surface area contributed by atoms with Crippen molar-refractivity contribution < 1.29 is 4.74 Å². The average Bonchev–Trinajstić information content (AvgIpc) is 3.78. The zero-order chi connectivity index (χ0) is 33.5. The van der Waals surface area contributed by atoms with Crippen molar-refractivity contribution in [3.8, 4) is 33.9 Å². The summed E-state index contributed by atoms with van der Waals surface area (Å²) in [5, 5.41) is 0. The van der Waals surface area contributed by atoms with Crippen LogP contribution in [0.2, 0.25) is 0 Å². The van der Waals surface area contributed by atoms with E-state index in [1.54, 1.807) is 0 Å². The topological polar surface area (TPSA) is 28.6 Å². The van der Waals surface area contributed by atoms with Crippen LogP contribution >= 0.6 is 0 Å². The quantitative estimate of drug-likeness (QED) is 0.157. The first-order valence-electron chi connectivity index (χ1n) is 17.1. The maximum Gasteiger partial charge on any atom is -0.0540 e. The minimum atomic E-state index is -3.30. The van der Waals surface area contributed by atoms with Gasteiger partial charge in [-0.25, -0.2) is 0 Å². The van der Waals surface area contributed by atoms with E-state index >= 15 is 0 Å². The molecule has 4 nitrogen and oxygen atoms in total. The number of aromatic nitrogens is 1. The van der Waals surface area contributed by atoms with E-state index < -0.39 is 13.3 Å². The number of hydrogen-bond donors (Lipinski definition) is 0. The number of benzene rings is 6. The molecule has 0 radical (unpaired) electrons. The van der Waals surface area contributed by atoms with E-state index in [4.69, 9.17) is 9.72 Å². The Balaban J connectivity index is 1.02. The second-order valence-electron chi connectivity index (χ2n) is 13.0. The summed E-state index contributed by atoms with van der Waals surface area (Å²) >= 11 is -3.30. The van der Waals surface area contributed by atoms with Gasteiger partial charge in [0.2, 0.25) is 0 Å². The minimum Gasteiger partial charge on any atom is -0.0587 e. The Morgan fingerprint density at radius 2 is 1.26 bits per heavy atom. The van der Waals surface area contributed by atoms with Crippen molar-refractivity contribution >= 4 is 42.2 Å². The summed E-state index contributed by atoms with van der Waals surface area (Å²) in [7, 11) is 0. The van der Waals surface area contributed by atoms with Gasteiger partial charge in [0.15, 0.2) is 0 Å². The zero-order valence-electron chi connectivity index (χ0n) is 27.8. The summed E-state index contributed by atoms with van der Waals surface area (Å²) in [5.41, 5.74) is 8.20. The molecule has 1 aromatic heterocycles. The number of nitrogens with zero attached hydrogens (tertiary/aromatic N) is 3. The third-order valence-electron chi connectivity index (χ3n) is 9.97. The van der Waals surface area contributed by atoms with Crippen LogP contribution in [0, 0.1) is 6.92 Å². The third kappa shape index (κ3) is 5.11. The minimum absolute atomic E-state index is 0.709. The summed E-state index contributed by atoms with van der Waals surface area (Å²) < 4.78 is 12.2. The van der Waals surface area contributed by atoms with Gasteiger partial charge in [0.25, 0.3) is 0 Å². The first-order valence-corrected chi connectivity index (χ1v) is 21.3. The number of para-hydroxylation sites is 1. The number of fused-ring (bicyclic) bond motifs is 3. The molecule has 0 amide bonds. The molecule has 2 aliphatic heterocycles. The molecule has 0 N–H and O–H groups in total. The summed E-state index contributed by atoms with van der Waals surface area (Å²) in [6.45, 7) is 2.83. The fourth-order valence-corrected chi connectivity index (χ4v) is 18.3. The van der Waals surface area contributed by atoms with Crippen molar-refractivity contribution in [3.05, 3.63) is 188 Å². The molecule has 0 bridgehead atoms. The van der Waals surface area contributed by atoms with Gasteiger partial charge in [-0.1, -0.05) is 48.0 Å². The van der Waals surface area contributed by atoms with Crippen LogP contribution in [-0.4, -0.2) is 24.9 Å². The molecule has 50 heavy (non-hydrogen) atoms. The van der Waals surface area contributed by atoms with Crippen molar-refractivity contribution in [2.45, 2.75) is 6.92 Å². The van der Waals surface area contributed by atoms with Gasteiger partial charge >= 0.3 is 225 Å². The summed E-state index contributed by atoms with van der Waals surface area (Å²) in [6.07, 6.45) is 6.21. The molecule has 6 aromatic carbocycles. The first kappa shape index (κ1) is 30.2. The molecule has 0 fully saturated rings. The largest absolute Gasteiger partial charge is 0.0587 e. The summed E-state index contributed by atoms with van der Waals surface area (Å²) in [4.78, 5) is 9.54. The predicted octanol–water partition coefficient (Wildman–Crippen LogP) is 7.96. The number of aryl methyl sites for hydroxylation is 1. The van der Waals surface area contributed by atoms with Crippen molar-refractivity contribution in [1.82, 2.24) is 4.98 Å². The zero-order valence-corrected chi connectivity index (χ0v) is 29.9. The predicted molar refractivity (Wildman–Crippen MR) is 209 cm³/mol. The monoisotopic (exact) mass is 707 g/mol. The Morgan fingerprint density at radius 3 is 2.04 bits per heavy atom. The molecule has 0 saturated heterocycles. The van der Waals surface area contributed by atoms with Crippen LogP contribution in [0.25, 0.3) is 22.4 Å². The molecule has 0 saturated carbocycles. The van der Waals surface area contributed by atoms with Crippen LogP contribution < -0.4 is 32.1 Å². The Hall–Kier alpha value is -5.85. The first-order chi connectivity index (χ1) is 24.7. The fraction of sp³-hybridized carbons (Fsp3) is 0.0444. The van der Waals surface area contributed by atoms with Crippen LogP contribution in [0.4, 0.5) is 11.4 Å². The van der Waals surface area contributed by atoms with Crippen molar-refractivity contribution in [2.75, 3.05) is 16.5 Å². The Labute approximate surface area is 295 Å².